The highest BCUT2D eigenvalue weighted by molar-refractivity contribution is 5.91. The molecular formula is C17H22FNO4. The Kier molecular flexibility index (Phi) is 6.27. The lowest BCUT2D eigenvalue weighted by atomic mass is 9.96. The van der Waals surface area contributed by atoms with Crippen LogP contribution in [0.25, 0.3) is 6.08 Å². The lowest BCUT2D eigenvalue weighted by Gasteiger charge is -2.34. The molecule has 0 radical (unpaired) electrons. The first kappa shape index (κ1) is 17.6. The molecule has 1 aliphatic heterocycles. The van der Waals surface area contributed by atoms with Gasteiger partial charge in [-0.3, -0.25) is 4.79 Å². The maximum atomic E-state index is 13.5. The number of halogens is 1. The molecule has 6 heteroatoms. The minimum atomic E-state index is -0.934. The molecule has 1 saturated heterocycles. The van der Waals surface area contributed by atoms with Gasteiger partial charge in [-0.1, -0.05) is 18.2 Å². The van der Waals surface area contributed by atoms with Crippen LogP contribution in [-0.2, 0) is 9.53 Å². The van der Waals surface area contributed by atoms with E-state index in [1.54, 1.807) is 18.2 Å². The number of aliphatic hydroxyl groups excluding tert-OH is 2. The fourth-order valence-electron chi connectivity index (χ4n) is 2.55. The minimum Gasteiger partial charge on any atom is -0.390 e. The van der Waals surface area contributed by atoms with Gasteiger partial charge in [0.1, 0.15) is 11.9 Å². The van der Waals surface area contributed by atoms with E-state index in [0.717, 1.165) is 0 Å². The van der Waals surface area contributed by atoms with Gasteiger partial charge in [-0.05, 0) is 19.1 Å². The Morgan fingerprint density at radius 3 is 2.83 bits per heavy atom. The first-order chi connectivity index (χ1) is 11.0. The molecule has 0 spiro atoms. The zero-order valence-electron chi connectivity index (χ0n) is 13.1. The molecule has 1 aromatic carbocycles. The average molecular weight is 323 g/mol. The van der Waals surface area contributed by atoms with Gasteiger partial charge in [0.25, 0.3) is 0 Å². The average Bonchev–Trinajstić information content (AvgIpc) is 2.55. The number of rotatable bonds is 5. The number of ether oxygens (including phenoxy) is 1. The molecule has 1 amide bonds. The van der Waals surface area contributed by atoms with Crippen molar-refractivity contribution in [1.82, 2.24) is 4.90 Å². The zero-order valence-corrected chi connectivity index (χ0v) is 13.1. The van der Waals surface area contributed by atoms with Gasteiger partial charge in [0.2, 0.25) is 5.91 Å². The number of carbonyl (C=O) groups excluding carboxylic acids is 1. The van der Waals surface area contributed by atoms with Gasteiger partial charge in [-0.15, -0.1) is 0 Å². The van der Waals surface area contributed by atoms with Crippen molar-refractivity contribution in [2.45, 2.75) is 19.1 Å². The zero-order chi connectivity index (χ0) is 16.8. The molecule has 0 saturated carbocycles. The van der Waals surface area contributed by atoms with Gasteiger partial charge in [-0.2, -0.15) is 0 Å². The second-order valence-electron chi connectivity index (χ2n) is 5.59. The van der Waals surface area contributed by atoms with Crippen LogP contribution in [0.15, 0.2) is 30.3 Å². The quantitative estimate of drug-likeness (QED) is 0.795. The van der Waals surface area contributed by atoms with Crippen molar-refractivity contribution in [1.29, 1.82) is 0 Å². The van der Waals surface area contributed by atoms with Crippen LogP contribution in [0.2, 0.25) is 0 Å². The predicted octanol–water partition coefficient (Wildman–Crippen LogP) is 1.06. The Balaban J connectivity index is 2.00. The lowest BCUT2D eigenvalue weighted by molar-refractivity contribution is -0.138. The fraction of sp³-hybridized carbons (Fsp3) is 0.471. The predicted molar refractivity (Wildman–Crippen MR) is 84.0 cm³/mol. The number of amides is 1. The number of nitrogens with zero attached hydrogens (tertiary/aromatic N) is 1. The monoisotopic (exact) mass is 323 g/mol. The van der Waals surface area contributed by atoms with Crippen LogP contribution in [0.1, 0.15) is 12.5 Å². The van der Waals surface area contributed by atoms with E-state index < -0.39 is 12.2 Å². The van der Waals surface area contributed by atoms with Crippen molar-refractivity contribution < 1.29 is 24.1 Å². The van der Waals surface area contributed by atoms with E-state index in [1.807, 2.05) is 6.92 Å². The van der Waals surface area contributed by atoms with Crippen molar-refractivity contribution in [2.75, 3.05) is 26.3 Å². The van der Waals surface area contributed by atoms with Crippen LogP contribution < -0.4 is 0 Å². The van der Waals surface area contributed by atoms with Crippen LogP contribution in [0.5, 0.6) is 0 Å². The van der Waals surface area contributed by atoms with E-state index in [1.165, 1.54) is 23.1 Å². The van der Waals surface area contributed by atoms with Crippen molar-refractivity contribution in [3.8, 4) is 0 Å². The Morgan fingerprint density at radius 1 is 1.39 bits per heavy atom. The van der Waals surface area contributed by atoms with Gasteiger partial charge in [0, 0.05) is 30.6 Å². The van der Waals surface area contributed by atoms with E-state index in [9.17, 15) is 19.4 Å². The summed E-state index contributed by atoms with van der Waals surface area (Å²) in [4.78, 5) is 13.8. The number of hydrogen-bond acceptors (Lipinski definition) is 4. The van der Waals surface area contributed by atoms with Gasteiger partial charge >= 0.3 is 0 Å². The summed E-state index contributed by atoms with van der Waals surface area (Å²) in [7, 11) is 0. The third-order valence-electron chi connectivity index (χ3n) is 3.96. The summed E-state index contributed by atoms with van der Waals surface area (Å²) < 4.78 is 18.8. The molecule has 1 heterocycles. The van der Waals surface area contributed by atoms with Crippen LogP contribution in [0.3, 0.4) is 0 Å². The smallest absolute Gasteiger partial charge is 0.246 e. The summed E-state index contributed by atoms with van der Waals surface area (Å²) >= 11 is 0. The summed E-state index contributed by atoms with van der Waals surface area (Å²) in [6, 6.07) is 6.20. The van der Waals surface area contributed by atoms with Crippen molar-refractivity contribution in [2.24, 2.45) is 5.92 Å². The number of carbonyl (C=O) groups is 1. The van der Waals surface area contributed by atoms with Crippen molar-refractivity contribution in [3.05, 3.63) is 41.7 Å². The molecule has 0 unspecified atom stereocenters. The van der Waals surface area contributed by atoms with Crippen LogP contribution in [0, 0.1) is 11.7 Å². The van der Waals surface area contributed by atoms with E-state index in [0.29, 0.717) is 18.7 Å². The normalized spacial score (nSPS) is 24.8. The van der Waals surface area contributed by atoms with Crippen molar-refractivity contribution >= 4 is 12.0 Å². The fourth-order valence-corrected chi connectivity index (χ4v) is 2.55. The topological polar surface area (TPSA) is 70.0 Å². The maximum Gasteiger partial charge on any atom is 0.246 e. The lowest BCUT2D eigenvalue weighted by Crippen LogP contribution is -2.49. The van der Waals surface area contributed by atoms with E-state index >= 15 is 0 Å². The summed E-state index contributed by atoms with van der Waals surface area (Å²) in [5, 5.41) is 19.6. The standard InChI is InChI=1S/C17H22FNO4/c1-2-19(9-13-10-23-11-15(20)17(13)22)16(21)8-7-12-5-3-4-6-14(12)18/h3-8,13,15,17,20,22H,2,9-11H2,1H3/b8-7+/t13-,15-,17+/m1/s1. The third-order valence-corrected chi connectivity index (χ3v) is 3.96. The largest absolute Gasteiger partial charge is 0.390 e. The van der Waals surface area contributed by atoms with Gasteiger partial charge in [-0.25, -0.2) is 4.39 Å². The molecule has 1 aliphatic rings. The molecule has 2 N–H and O–H groups in total. The van der Waals surface area contributed by atoms with Crippen LogP contribution in [-0.4, -0.2) is 59.5 Å². The first-order valence-electron chi connectivity index (χ1n) is 7.68. The highest BCUT2D eigenvalue weighted by Gasteiger charge is 2.32. The number of likely N-dealkylation sites (N-methyl/N-ethyl adjacent to an activating group) is 1. The first-order valence-corrected chi connectivity index (χ1v) is 7.68. The Hall–Kier alpha value is -1.76. The summed E-state index contributed by atoms with van der Waals surface area (Å²) in [6.07, 6.45) is 0.898. The summed E-state index contributed by atoms with van der Waals surface area (Å²) in [5.41, 5.74) is 0.341. The number of benzene rings is 1. The molecule has 0 bridgehead atoms. The molecule has 0 aliphatic carbocycles. The number of aliphatic hydroxyl groups is 2. The number of hydrogen-bond donors (Lipinski definition) is 2. The molecule has 5 nitrogen and oxygen atoms in total. The van der Waals surface area contributed by atoms with Gasteiger partial charge < -0.3 is 19.8 Å². The Morgan fingerprint density at radius 2 is 2.13 bits per heavy atom. The molecule has 23 heavy (non-hydrogen) atoms. The third kappa shape index (κ3) is 4.60. The highest BCUT2D eigenvalue weighted by Crippen LogP contribution is 2.17. The second kappa shape index (κ2) is 8.19. The molecule has 1 aromatic rings. The second-order valence-corrected chi connectivity index (χ2v) is 5.59. The van der Waals surface area contributed by atoms with E-state index in [4.69, 9.17) is 4.74 Å². The van der Waals surface area contributed by atoms with E-state index in [2.05, 4.69) is 0 Å². The van der Waals surface area contributed by atoms with Crippen LogP contribution >= 0.6 is 0 Å². The molecule has 3 atom stereocenters. The summed E-state index contributed by atoms with van der Waals surface area (Å²) in [6.45, 7) is 2.93. The molecule has 126 valence electrons. The minimum absolute atomic E-state index is 0.102. The molecule has 1 fully saturated rings. The Labute approximate surface area is 135 Å². The van der Waals surface area contributed by atoms with Gasteiger partial charge in [0.15, 0.2) is 0 Å². The Bertz CT molecular complexity index is 563. The van der Waals surface area contributed by atoms with Crippen molar-refractivity contribution in [3.63, 3.8) is 0 Å². The summed E-state index contributed by atoms with van der Waals surface area (Å²) in [5.74, 6) is -1.01. The van der Waals surface area contributed by atoms with Crippen LogP contribution in [0.4, 0.5) is 4.39 Å². The SMILES string of the molecule is CCN(C[C@@H]1COC[C@@H](O)[C@H]1O)C(=O)/C=C/c1ccccc1F. The molecular weight excluding hydrogens is 301 g/mol. The molecule has 0 aromatic heterocycles. The maximum absolute atomic E-state index is 13.5. The highest BCUT2D eigenvalue weighted by atomic mass is 19.1. The molecule has 2 rings (SSSR count). The van der Waals surface area contributed by atoms with E-state index in [-0.39, 0.29) is 30.8 Å². The van der Waals surface area contributed by atoms with Gasteiger partial charge in [0.05, 0.1) is 19.3 Å².